The van der Waals surface area contributed by atoms with Gasteiger partial charge in [0, 0.05) is 38.9 Å². The van der Waals surface area contributed by atoms with Crippen LogP contribution >= 0.6 is 11.6 Å². The molecule has 6 heteroatoms. The molecule has 1 aromatic heterocycles. The number of allylic oxidation sites excluding steroid dienone is 1. The lowest BCUT2D eigenvalue weighted by atomic mass is 9.96. The van der Waals surface area contributed by atoms with Gasteiger partial charge in [-0.3, -0.25) is 4.79 Å². The molecule has 1 N–H and O–H groups in total. The fourth-order valence-electron chi connectivity index (χ4n) is 4.16. The molecule has 0 bridgehead atoms. The summed E-state index contributed by atoms with van der Waals surface area (Å²) in [4.78, 5) is 12.8. The molecule has 0 radical (unpaired) electrons. The maximum absolute atomic E-state index is 12.8. The third-order valence-corrected chi connectivity index (χ3v) is 6.19. The van der Waals surface area contributed by atoms with Crippen LogP contribution in [0.4, 0.5) is 5.69 Å². The smallest absolute Gasteiger partial charge is 0.248 e. The van der Waals surface area contributed by atoms with Gasteiger partial charge in [-0.25, -0.2) is 0 Å². The van der Waals surface area contributed by atoms with Gasteiger partial charge in [0.25, 0.3) is 0 Å². The van der Waals surface area contributed by atoms with Crippen LogP contribution in [-0.2, 0) is 4.79 Å². The maximum Gasteiger partial charge on any atom is 0.248 e. The van der Waals surface area contributed by atoms with Crippen molar-refractivity contribution >= 4 is 39.7 Å². The van der Waals surface area contributed by atoms with Gasteiger partial charge in [-0.1, -0.05) is 29.8 Å². The highest BCUT2D eigenvalue weighted by molar-refractivity contribution is 6.31. The molecular formula is C29H28ClNO4. The molecule has 1 amide bonds. The van der Waals surface area contributed by atoms with Crippen molar-refractivity contribution in [3.8, 4) is 22.6 Å². The van der Waals surface area contributed by atoms with E-state index in [0.717, 1.165) is 50.1 Å². The van der Waals surface area contributed by atoms with Gasteiger partial charge >= 0.3 is 0 Å². The van der Waals surface area contributed by atoms with Gasteiger partial charge in [-0.2, -0.15) is 0 Å². The highest BCUT2D eigenvalue weighted by Gasteiger charge is 2.19. The molecule has 0 aliphatic rings. The Bertz CT molecular complexity index is 1420. The molecule has 35 heavy (non-hydrogen) atoms. The van der Waals surface area contributed by atoms with E-state index < -0.39 is 0 Å². The molecule has 5 nitrogen and oxygen atoms in total. The topological polar surface area (TPSA) is 60.7 Å². The van der Waals surface area contributed by atoms with Crippen LogP contribution in [0.25, 0.3) is 27.7 Å². The van der Waals surface area contributed by atoms with E-state index in [4.69, 9.17) is 25.5 Å². The van der Waals surface area contributed by atoms with Crippen molar-refractivity contribution in [2.45, 2.75) is 27.7 Å². The van der Waals surface area contributed by atoms with E-state index in [1.165, 1.54) is 0 Å². The second-order valence-corrected chi connectivity index (χ2v) is 8.78. The van der Waals surface area contributed by atoms with Crippen LogP contribution < -0.4 is 14.8 Å². The Labute approximate surface area is 210 Å². The first-order chi connectivity index (χ1) is 16.8. The van der Waals surface area contributed by atoms with Crippen molar-refractivity contribution in [3.05, 3.63) is 82.6 Å². The fraction of sp³-hybridized carbons (Fsp3) is 0.207. The van der Waals surface area contributed by atoms with Gasteiger partial charge in [0.15, 0.2) is 0 Å². The van der Waals surface area contributed by atoms with Crippen LogP contribution in [0.2, 0.25) is 5.02 Å². The summed E-state index contributed by atoms with van der Waals surface area (Å²) in [6.07, 6.45) is 3.32. The second kappa shape index (κ2) is 10.3. The van der Waals surface area contributed by atoms with Gasteiger partial charge < -0.3 is 19.2 Å². The number of rotatable bonds is 7. The number of methoxy groups -OCH3 is 1. The number of carbonyl (C=O) groups is 1. The molecule has 0 saturated heterocycles. The monoisotopic (exact) mass is 489 g/mol. The summed E-state index contributed by atoms with van der Waals surface area (Å²) in [5.74, 6) is 1.25. The van der Waals surface area contributed by atoms with Crippen molar-refractivity contribution in [2.24, 2.45) is 0 Å². The number of carbonyl (C=O) groups excluding carboxylic acids is 1. The van der Waals surface area contributed by atoms with Crippen molar-refractivity contribution in [1.29, 1.82) is 0 Å². The minimum Gasteiger partial charge on any atom is -0.496 e. The van der Waals surface area contributed by atoms with E-state index >= 15 is 0 Å². The minimum atomic E-state index is -0.244. The molecule has 4 aromatic rings. The van der Waals surface area contributed by atoms with E-state index in [0.29, 0.717) is 23.1 Å². The number of benzene rings is 3. The average Bonchev–Trinajstić information content (AvgIpc) is 3.26. The van der Waals surface area contributed by atoms with Gasteiger partial charge in [0.1, 0.15) is 17.1 Å². The molecule has 0 aliphatic heterocycles. The Kier molecular flexibility index (Phi) is 7.17. The summed E-state index contributed by atoms with van der Waals surface area (Å²) in [6, 6.07) is 15.3. The summed E-state index contributed by atoms with van der Waals surface area (Å²) in [5, 5.41) is 4.43. The lowest BCUT2D eigenvalue weighted by Gasteiger charge is -2.14. The molecule has 180 valence electrons. The zero-order valence-corrected chi connectivity index (χ0v) is 21.2. The summed E-state index contributed by atoms with van der Waals surface area (Å²) >= 11 is 6.09. The first kappa shape index (κ1) is 24.4. The third-order valence-electron chi connectivity index (χ3n) is 5.95. The highest BCUT2D eigenvalue weighted by atomic mass is 35.5. The number of amides is 1. The van der Waals surface area contributed by atoms with Crippen LogP contribution in [0.5, 0.6) is 11.5 Å². The van der Waals surface area contributed by atoms with Crippen molar-refractivity contribution < 1.29 is 18.7 Å². The molecule has 1 heterocycles. The third kappa shape index (κ3) is 5.05. The molecule has 0 aliphatic carbocycles. The van der Waals surface area contributed by atoms with E-state index in [9.17, 15) is 4.79 Å². The summed E-state index contributed by atoms with van der Waals surface area (Å²) < 4.78 is 17.2. The number of hydrogen-bond donors (Lipinski definition) is 1. The quantitative estimate of drug-likeness (QED) is 0.269. The Hall–Kier alpha value is -3.70. The number of aryl methyl sites for hydroxylation is 2. The normalized spacial score (nSPS) is 11.5. The van der Waals surface area contributed by atoms with Gasteiger partial charge in [0.2, 0.25) is 5.91 Å². The number of halogens is 1. The number of fused-ring (bicyclic) bond motifs is 1. The SMILES string of the molecule is CCOc1ccc(-c2coc3c(C)c(OC)c(/C(C)=C/C(=O)Nc4cc(Cl)ccc4C)cc23)cc1. The average molecular weight is 490 g/mol. The predicted octanol–water partition coefficient (Wildman–Crippen LogP) is 7.82. The van der Waals surface area contributed by atoms with E-state index in [1.807, 2.05) is 64.1 Å². The van der Waals surface area contributed by atoms with Gasteiger partial charge in [0.05, 0.1) is 20.0 Å². The standard InChI is InChI=1S/C29H28ClNO4/c1-6-34-22-11-8-20(9-12-22)25-16-35-29-19(4)28(33-5)23(15-24(25)29)18(3)13-27(32)31-26-14-21(30)10-7-17(26)2/h7-16H,6H2,1-5H3,(H,31,32)/b18-13+. The predicted molar refractivity (Wildman–Crippen MR) is 143 cm³/mol. The van der Waals surface area contributed by atoms with Crippen LogP contribution in [0, 0.1) is 13.8 Å². The van der Waals surface area contributed by atoms with Crippen molar-refractivity contribution in [2.75, 3.05) is 19.0 Å². The zero-order valence-electron chi connectivity index (χ0n) is 20.5. The lowest BCUT2D eigenvalue weighted by molar-refractivity contribution is -0.111. The first-order valence-electron chi connectivity index (χ1n) is 11.4. The molecule has 0 saturated carbocycles. The Morgan fingerprint density at radius 1 is 1.11 bits per heavy atom. The molecule has 0 atom stereocenters. The minimum absolute atomic E-state index is 0.244. The molecule has 0 fully saturated rings. The molecular weight excluding hydrogens is 462 g/mol. The van der Waals surface area contributed by atoms with Crippen LogP contribution in [0.1, 0.15) is 30.5 Å². The lowest BCUT2D eigenvalue weighted by Crippen LogP contribution is -2.10. The molecule has 3 aromatic carbocycles. The van der Waals surface area contributed by atoms with Gasteiger partial charge in [-0.15, -0.1) is 0 Å². The highest BCUT2D eigenvalue weighted by Crippen LogP contribution is 2.40. The largest absolute Gasteiger partial charge is 0.496 e. The number of nitrogens with one attached hydrogen (secondary N) is 1. The number of furan rings is 1. The summed E-state index contributed by atoms with van der Waals surface area (Å²) in [7, 11) is 1.62. The Balaban J connectivity index is 1.74. The van der Waals surface area contributed by atoms with Gasteiger partial charge in [-0.05, 0) is 74.7 Å². The summed E-state index contributed by atoms with van der Waals surface area (Å²) in [5.41, 5.74) is 6.80. The Morgan fingerprint density at radius 3 is 2.54 bits per heavy atom. The van der Waals surface area contributed by atoms with Crippen LogP contribution in [0.15, 0.2) is 65.3 Å². The molecule has 0 spiro atoms. The fourth-order valence-corrected chi connectivity index (χ4v) is 4.34. The Morgan fingerprint density at radius 2 is 1.86 bits per heavy atom. The van der Waals surface area contributed by atoms with Crippen LogP contribution in [0.3, 0.4) is 0 Å². The van der Waals surface area contributed by atoms with E-state index in [2.05, 4.69) is 5.32 Å². The number of hydrogen-bond acceptors (Lipinski definition) is 4. The van der Waals surface area contributed by atoms with Crippen LogP contribution in [-0.4, -0.2) is 19.6 Å². The molecule has 4 rings (SSSR count). The maximum atomic E-state index is 12.8. The summed E-state index contributed by atoms with van der Waals surface area (Å²) in [6.45, 7) is 8.35. The number of anilines is 1. The van der Waals surface area contributed by atoms with Crippen molar-refractivity contribution in [1.82, 2.24) is 0 Å². The second-order valence-electron chi connectivity index (χ2n) is 8.34. The van der Waals surface area contributed by atoms with E-state index in [1.54, 1.807) is 31.6 Å². The van der Waals surface area contributed by atoms with E-state index in [-0.39, 0.29) is 5.91 Å². The zero-order chi connectivity index (χ0) is 25.1. The molecule has 0 unspecified atom stereocenters. The first-order valence-corrected chi connectivity index (χ1v) is 11.8. The van der Waals surface area contributed by atoms with Crippen molar-refractivity contribution in [3.63, 3.8) is 0 Å². The number of ether oxygens (including phenoxy) is 2.